The monoisotopic (exact) mass is 312 g/mol. The van der Waals surface area contributed by atoms with Crippen LogP contribution < -0.4 is 0 Å². The van der Waals surface area contributed by atoms with Crippen molar-refractivity contribution in [1.29, 1.82) is 0 Å². The van der Waals surface area contributed by atoms with E-state index in [0.717, 1.165) is 34.3 Å². The highest BCUT2D eigenvalue weighted by atomic mass is 19.1. The van der Waals surface area contributed by atoms with Crippen molar-refractivity contribution in [2.24, 2.45) is 11.3 Å². The van der Waals surface area contributed by atoms with E-state index in [1.165, 1.54) is 5.57 Å². The van der Waals surface area contributed by atoms with Gasteiger partial charge in [0.1, 0.15) is 5.67 Å². The fourth-order valence-electron chi connectivity index (χ4n) is 3.99. The number of fused-ring (bicyclic) bond motifs is 1. The number of benzene rings is 1. The van der Waals surface area contributed by atoms with Gasteiger partial charge in [-0.15, -0.1) is 6.58 Å². The molecule has 0 spiro atoms. The second-order valence-corrected chi connectivity index (χ2v) is 7.77. The third-order valence-corrected chi connectivity index (χ3v) is 5.58. The van der Waals surface area contributed by atoms with Crippen LogP contribution in [-0.4, -0.2) is 0 Å². The van der Waals surface area contributed by atoms with Crippen LogP contribution in [0.4, 0.5) is 4.39 Å². The standard InChI is InChI=1S/C22H29F/c1-14(2)13-18(15(3)4)20-16(5)17-11-9-10-12-19(17)22(8,23)21(20,6)7/h9-12,18H,1,3,13H2,2,4-8H3. The van der Waals surface area contributed by atoms with Gasteiger partial charge in [0.2, 0.25) is 0 Å². The third-order valence-electron chi connectivity index (χ3n) is 5.58. The van der Waals surface area contributed by atoms with Gasteiger partial charge >= 0.3 is 0 Å². The largest absolute Gasteiger partial charge is 0.238 e. The lowest BCUT2D eigenvalue weighted by Crippen LogP contribution is -2.43. The number of alkyl halides is 1. The molecule has 124 valence electrons. The zero-order valence-electron chi connectivity index (χ0n) is 15.4. The molecule has 2 rings (SSSR count). The average molecular weight is 312 g/mol. The Hall–Kier alpha value is -1.63. The molecule has 1 aromatic rings. The van der Waals surface area contributed by atoms with Crippen molar-refractivity contribution in [3.63, 3.8) is 0 Å². The van der Waals surface area contributed by atoms with Gasteiger partial charge in [0.15, 0.2) is 0 Å². The summed E-state index contributed by atoms with van der Waals surface area (Å²) in [5.74, 6) is 0.130. The quantitative estimate of drug-likeness (QED) is 0.534. The normalized spacial score (nSPS) is 24.1. The number of halogens is 1. The van der Waals surface area contributed by atoms with E-state index in [-0.39, 0.29) is 5.92 Å². The second-order valence-electron chi connectivity index (χ2n) is 7.77. The first-order valence-corrected chi connectivity index (χ1v) is 8.31. The van der Waals surface area contributed by atoms with E-state index in [9.17, 15) is 0 Å². The highest BCUT2D eigenvalue weighted by molar-refractivity contribution is 5.75. The van der Waals surface area contributed by atoms with Crippen molar-refractivity contribution in [2.75, 3.05) is 0 Å². The first-order chi connectivity index (χ1) is 10.5. The predicted octanol–water partition coefficient (Wildman–Crippen LogP) is 6.84. The first kappa shape index (κ1) is 17.7. The Morgan fingerprint density at radius 3 is 2.22 bits per heavy atom. The minimum absolute atomic E-state index is 0.130. The lowest BCUT2D eigenvalue weighted by atomic mass is 9.58. The summed E-state index contributed by atoms with van der Waals surface area (Å²) >= 11 is 0. The van der Waals surface area contributed by atoms with Gasteiger partial charge in [-0.05, 0) is 50.8 Å². The molecule has 2 atom stereocenters. The summed E-state index contributed by atoms with van der Waals surface area (Å²) < 4.78 is 15.9. The fourth-order valence-corrected chi connectivity index (χ4v) is 3.99. The first-order valence-electron chi connectivity index (χ1n) is 8.31. The van der Waals surface area contributed by atoms with Gasteiger partial charge < -0.3 is 0 Å². The zero-order chi connectivity index (χ0) is 17.6. The Balaban J connectivity index is 2.78. The van der Waals surface area contributed by atoms with Crippen LogP contribution in [0.1, 0.15) is 59.1 Å². The zero-order valence-corrected chi connectivity index (χ0v) is 15.4. The third kappa shape index (κ3) is 2.71. The summed E-state index contributed by atoms with van der Waals surface area (Å²) in [5, 5.41) is 0. The highest BCUT2D eigenvalue weighted by Gasteiger charge is 2.51. The average Bonchev–Trinajstić information content (AvgIpc) is 2.44. The van der Waals surface area contributed by atoms with Gasteiger partial charge in [-0.3, -0.25) is 0 Å². The molecule has 0 bridgehead atoms. The van der Waals surface area contributed by atoms with Gasteiger partial charge in [0.25, 0.3) is 0 Å². The Morgan fingerprint density at radius 2 is 1.70 bits per heavy atom. The Labute approximate surface area is 140 Å². The molecule has 0 N–H and O–H groups in total. The van der Waals surface area contributed by atoms with Crippen molar-refractivity contribution in [1.82, 2.24) is 0 Å². The van der Waals surface area contributed by atoms with Crippen molar-refractivity contribution in [2.45, 2.75) is 53.6 Å². The van der Waals surface area contributed by atoms with E-state index >= 15 is 4.39 Å². The number of rotatable bonds is 4. The van der Waals surface area contributed by atoms with E-state index < -0.39 is 11.1 Å². The molecule has 0 aromatic heterocycles. The number of hydrogen-bond acceptors (Lipinski definition) is 0. The number of hydrogen-bond donors (Lipinski definition) is 0. The molecule has 0 radical (unpaired) electrons. The highest BCUT2D eigenvalue weighted by Crippen LogP contribution is 2.58. The van der Waals surface area contributed by atoms with Crippen molar-refractivity contribution in [3.8, 4) is 0 Å². The van der Waals surface area contributed by atoms with E-state index in [1.807, 2.05) is 52.0 Å². The lowest BCUT2D eigenvalue weighted by molar-refractivity contribution is 0.0495. The minimum Gasteiger partial charge on any atom is -0.238 e. The molecule has 1 aliphatic carbocycles. The van der Waals surface area contributed by atoms with Crippen LogP contribution in [0.2, 0.25) is 0 Å². The van der Waals surface area contributed by atoms with Gasteiger partial charge in [-0.2, -0.15) is 0 Å². The van der Waals surface area contributed by atoms with Crippen LogP contribution in [0, 0.1) is 11.3 Å². The fraction of sp³-hybridized carbons (Fsp3) is 0.455. The molecule has 0 saturated carbocycles. The summed E-state index contributed by atoms with van der Waals surface area (Å²) in [4.78, 5) is 0. The Bertz CT molecular complexity index is 686. The predicted molar refractivity (Wildman–Crippen MR) is 99.0 cm³/mol. The van der Waals surface area contributed by atoms with Gasteiger partial charge in [0, 0.05) is 11.3 Å². The van der Waals surface area contributed by atoms with Crippen molar-refractivity contribution < 1.29 is 4.39 Å². The summed E-state index contributed by atoms with van der Waals surface area (Å²) in [6, 6.07) is 7.87. The second kappa shape index (κ2) is 5.78. The van der Waals surface area contributed by atoms with Crippen LogP contribution in [0.3, 0.4) is 0 Å². The van der Waals surface area contributed by atoms with Gasteiger partial charge in [-0.1, -0.05) is 61.4 Å². The molecule has 0 fully saturated rings. The number of allylic oxidation sites excluding steroid dienone is 4. The van der Waals surface area contributed by atoms with Gasteiger partial charge in [-0.25, -0.2) is 4.39 Å². The molecular formula is C22H29F. The molecular weight excluding hydrogens is 283 g/mol. The summed E-state index contributed by atoms with van der Waals surface area (Å²) in [6.07, 6.45) is 0.823. The van der Waals surface area contributed by atoms with Crippen LogP contribution in [0.25, 0.3) is 5.57 Å². The van der Waals surface area contributed by atoms with Crippen molar-refractivity contribution >= 4 is 5.57 Å². The van der Waals surface area contributed by atoms with Crippen LogP contribution >= 0.6 is 0 Å². The van der Waals surface area contributed by atoms with Crippen LogP contribution in [0.5, 0.6) is 0 Å². The molecule has 0 saturated heterocycles. The van der Waals surface area contributed by atoms with E-state index in [0.29, 0.717) is 0 Å². The Kier molecular flexibility index (Phi) is 4.45. The van der Waals surface area contributed by atoms with Crippen LogP contribution in [-0.2, 0) is 5.67 Å². The smallest absolute Gasteiger partial charge is 0.142 e. The molecule has 1 aromatic carbocycles. The van der Waals surface area contributed by atoms with E-state index in [1.54, 1.807) is 6.92 Å². The molecule has 0 heterocycles. The maximum absolute atomic E-state index is 15.9. The molecule has 2 unspecified atom stereocenters. The molecule has 0 nitrogen and oxygen atoms in total. The summed E-state index contributed by atoms with van der Waals surface area (Å²) in [5.41, 5.74) is 4.35. The summed E-state index contributed by atoms with van der Waals surface area (Å²) in [6.45, 7) is 20.2. The molecule has 23 heavy (non-hydrogen) atoms. The molecule has 1 aliphatic rings. The van der Waals surface area contributed by atoms with Crippen LogP contribution in [0.15, 0.2) is 54.1 Å². The van der Waals surface area contributed by atoms with E-state index in [2.05, 4.69) is 20.1 Å². The van der Waals surface area contributed by atoms with Gasteiger partial charge in [0.05, 0.1) is 0 Å². The maximum Gasteiger partial charge on any atom is 0.142 e. The van der Waals surface area contributed by atoms with Crippen molar-refractivity contribution in [3.05, 3.63) is 65.3 Å². The lowest BCUT2D eigenvalue weighted by Gasteiger charge is -2.48. The molecule has 1 heteroatoms. The molecule has 0 amide bonds. The SMILES string of the molecule is C=C(C)CC(C(=C)C)C1=C(C)c2ccccc2C(C)(F)C1(C)C. The maximum atomic E-state index is 15.9. The van der Waals surface area contributed by atoms with E-state index in [4.69, 9.17) is 0 Å². The molecule has 0 aliphatic heterocycles. The summed E-state index contributed by atoms with van der Waals surface area (Å²) in [7, 11) is 0. The minimum atomic E-state index is -1.42. The Morgan fingerprint density at radius 1 is 1.13 bits per heavy atom. The topological polar surface area (TPSA) is 0 Å².